The Hall–Kier alpha value is -2.28. The summed E-state index contributed by atoms with van der Waals surface area (Å²) in [6.07, 6.45) is 0. The minimum Gasteiger partial charge on any atom is -0.507 e. The minimum atomic E-state index is -1.08. The Kier molecular flexibility index (Phi) is 4.09. The van der Waals surface area contributed by atoms with E-state index in [1.165, 1.54) is 30.2 Å². The van der Waals surface area contributed by atoms with Crippen molar-refractivity contribution in [3.05, 3.63) is 23.8 Å². The Morgan fingerprint density at radius 1 is 1.45 bits per heavy atom. The molecule has 1 amide bonds. The first kappa shape index (κ1) is 14.1. The van der Waals surface area contributed by atoms with E-state index in [4.69, 9.17) is 9.84 Å². The smallest absolute Gasteiger partial charge is 0.327 e. The zero-order valence-electron chi connectivity index (χ0n) is 11.0. The molecule has 0 bridgehead atoms. The molecule has 1 saturated heterocycles. The number of rotatable bonds is 3. The van der Waals surface area contributed by atoms with Crippen molar-refractivity contribution in [3.8, 4) is 11.5 Å². The molecule has 3 N–H and O–H groups in total. The van der Waals surface area contributed by atoms with Gasteiger partial charge in [-0.05, 0) is 18.2 Å². The van der Waals surface area contributed by atoms with Crippen molar-refractivity contribution >= 4 is 11.9 Å². The van der Waals surface area contributed by atoms with E-state index in [2.05, 4.69) is 5.32 Å². The third-order valence-electron chi connectivity index (χ3n) is 3.22. The molecule has 20 heavy (non-hydrogen) atoms. The second-order valence-electron chi connectivity index (χ2n) is 4.44. The van der Waals surface area contributed by atoms with E-state index in [-0.39, 0.29) is 24.4 Å². The van der Waals surface area contributed by atoms with Gasteiger partial charge in [0.05, 0.1) is 12.7 Å². The lowest BCUT2D eigenvalue weighted by atomic mass is 10.1. The zero-order valence-corrected chi connectivity index (χ0v) is 11.0. The molecule has 2 rings (SSSR count). The van der Waals surface area contributed by atoms with Crippen LogP contribution in [-0.2, 0) is 4.79 Å². The molecule has 0 saturated carbocycles. The number of methoxy groups -OCH3 is 1. The average molecular weight is 280 g/mol. The number of phenolic OH excluding ortho intramolecular Hbond substituents is 1. The maximum atomic E-state index is 12.4. The van der Waals surface area contributed by atoms with Crippen molar-refractivity contribution in [3.63, 3.8) is 0 Å². The monoisotopic (exact) mass is 280 g/mol. The number of hydrogen-bond acceptors (Lipinski definition) is 5. The first-order valence-electron chi connectivity index (χ1n) is 6.16. The molecule has 1 aliphatic heterocycles. The second-order valence-corrected chi connectivity index (χ2v) is 4.44. The summed E-state index contributed by atoms with van der Waals surface area (Å²) in [7, 11) is 1.45. The summed E-state index contributed by atoms with van der Waals surface area (Å²) in [6.45, 7) is 0.971. The molecule has 1 heterocycles. The number of carboxylic acids is 1. The highest BCUT2D eigenvalue weighted by Crippen LogP contribution is 2.25. The Bertz CT molecular complexity index is 531. The summed E-state index contributed by atoms with van der Waals surface area (Å²) in [5.74, 6) is -1.37. The van der Waals surface area contributed by atoms with Gasteiger partial charge in [-0.3, -0.25) is 4.79 Å². The average Bonchev–Trinajstić information content (AvgIpc) is 2.47. The van der Waals surface area contributed by atoms with Gasteiger partial charge in [-0.25, -0.2) is 4.79 Å². The van der Waals surface area contributed by atoms with Gasteiger partial charge in [-0.2, -0.15) is 0 Å². The molecular weight excluding hydrogens is 264 g/mol. The van der Waals surface area contributed by atoms with E-state index in [9.17, 15) is 14.7 Å². The maximum Gasteiger partial charge on any atom is 0.327 e. The second kappa shape index (κ2) is 5.79. The van der Waals surface area contributed by atoms with Gasteiger partial charge in [0.15, 0.2) is 0 Å². The van der Waals surface area contributed by atoms with Crippen LogP contribution < -0.4 is 10.1 Å². The first-order chi connectivity index (χ1) is 9.54. The summed E-state index contributed by atoms with van der Waals surface area (Å²) in [6, 6.07) is 3.34. The van der Waals surface area contributed by atoms with Crippen molar-refractivity contribution in [2.24, 2.45) is 0 Å². The number of amides is 1. The number of hydrogen-bond donors (Lipinski definition) is 3. The highest BCUT2D eigenvalue weighted by Gasteiger charge is 2.33. The maximum absolute atomic E-state index is 12.4. The minimum absolute atomic E-state index is 0.0394. The quantitative estimate of drug-likeness (QED) is 0.715. The lowest BCUT2D eigenvalue weighted by Gasteiger charge is -2.33. The number of aromatic hydroxyl groups is 1. The number of ether oxygens (including phenoxy) is 1. The van der Waals surface area contributed by atoms with Crippen LogP contribution in [0.4, 0.5) is 0 Å². The predicted molar refractivity (Wildman–Crippen MR) is 70.0 cm³/mol. The van der Waals surface area contributed by atoms with E-state index in [1.54, 1.807) is 0 Å². The van der Waals surface area contributed by atoms with Crippen molar-refractivity contribution < 1.29 is 24.5 Å². The summed E-state index contributed by atoms with van der Waals surface area (Å²) >= 11 is 0. The molecule has 7 nitrogen and oxygen atoms in total. The molecule has 0 aromatic heterocycles. The van der Waals surface area contributed by atoms with Crippen LogP contribution in [0.3, 0.4) is 0 Å². The number of piperazine rings is 1. The molecule has 0 aliphatic carbocycles. The molecule has 1 fully saturated rings. The van der Waals surface area contributed by atoms with Crippen LogP contribution in [0, 0.1) is 0 Å². The van der Waals surface area contributed by atoms with Crippen LogP contribution in [0.15, 0.2) is 18.2 Å². The van der Waals surface area contributed by atoms with Crippen LogP contribution in [0.25, 0.3) is 0 Å². The molecule has 1 aromatic carbocycles. The Morgan fingerprint density at radius 3 is 2.85 bits per heavy atom. The molecular formula is C13H16N2O5. The number of phenols is 1. The van der Waals surface area contributed by atoms with Gasteiger partial charge in [0.2, 0.25) is 0 Å². The van der Waals surface area contributed by atoms with Gasteiger partial charge in [0, 0.05) is 19.6 Å². The van der Waals surface area contributed by atoms with Gasteiger partial charge >= 0.3 is 5.97 Å². The van der Waals surface area contributed by atoms with Crippen LogP contribution >= 0.6 is 0 Å². The molecule has 7 heteroatoms. The molecule has 1 unspecified atom stereocenters. The van der Waals surface area contributed by atoms with Gasteiger partial charge in [-0.15, -0.1) is 0 Å². The van der Waals surface area contributed by atoms with Crippen molar-refractivity contribution in [2.75, 3.05) is 26.7 Å². The van der Waals surface area contributed by atoms with Crippen LogP contribution in [0.2, 0.25) is 0 Å². The Morgan fingerprint density at radius 2 is 2.20 bits per heavy atom. The van der Waals surface area contributed by atoms with Crippen LogP contribution in [0.1, 0.15) is 10.4 Å². The highest BCUT2D eigenvalue weighted by molar-refractivity contribution is 5.99. The zero-order chi connectivity index (χ0) is 14.7. The SMILES string of the molecule is COc1ccc(O)c(C(=O)N2CCNCC2C(=O)O)c1. The van der Waals surface area contributed by atoms with Crippen LogP contribution in [0.5, 0.6) is 11.5 Å². The number of carboxylic acid groups (broad SMARTS) is 1. The Balaban J connectivity index is 2.31. The number of carbonyl (C=O) groups excluding carboxylic acids is 1. The summed E-state index contributed by atoms with van der Waals surface area (Å²) in [4.78, 5) is 24.9. The fourth-order valence-electron chi connectivity index (χ4n) is 2.14. The van der Waals surface area contributed by atoms with E-state index < -0.39 is 17.9 Å². The summed E-state index contributed by atoms with van der Waals surface area (Å²) in [5, 5.41) is 21.9. The van der Waals surface area contributed by atoms with Gasteiger partial charge in [-0.1, -0.05) is 0 Å². The van der Waals surface area contributed by atoms with E-state index >= 15 is 0 Å². The lowest BCUT2D eigenvalue weighted by molar-refractivity contribution is -0.142. The highest BCUT2D eigenvalue weighted by atomic mass is 16.5. The lowest BCUT2D eigenvalue weighted by Crippen LogP contribution is -2.56. The standard InChI is InChI=1S/C13H16N2O5/c1-20-8-2-3-11(16)9(6-8)12(17)15-5-4-14-7-10(15)13(18)19/h2-3,6,10,14,16H,4-5,7H2,1H3,(H,18,19). The van der Waals surface area contributed by atoms with Crippen molar-refractivity contribution in [1.29, 1.82) is 0 Å². The van der Waals surface area contributed by atoms with E-state index in [0.29, 0.717) is 12.3 Å². The number of nitrogens with zero attached hydrogens (tertiary/aromatic N) is 1. The summed E-state index contributed by atoms with van der Waals surface area (Å²) in [5.41, 5.74) is 0.0394. The molecule has 0 spiro atoms. The molecule has 0 radical (unpaired) electrons. The van der Waals surface area contributed by atoms with Gasteiger partial charge in [0.25, 0.3) is 5.91 Å². The predicted octanol–water partition coefficient (Wildman–Crippen LogP) is -0.101. The number of nitrogens with one attached hydrogen (secondary N) is 1. The van der Waals surface area contributed by atoms with E-state index in [0.717, 1.165) is 0 Å². The molecule has 1 aromatic rings. The third-order valence-corrected chi connectivity index (χ3v) is 3.22. The fraction of sp³-hybridized carbons (Fsp3) is 0.385. The fourth-order valence-corrected chi connectivity index (χ4v) is 2.14. The van der Waals surface area contributed by atoms with E-state index in [1.807, 2.05) is 0 Å². The normalized spacial score (nSPS) is 18.6. The number of benzene rings is 1. The molecule has 1 atom stereocenters. The van der Waals surface area contributed by atoms with Crippen LogP contribution in [-0.4, -0.2) is 59.8 Å². The number of aliphatic carboxylic acids is 1. The van der Waals surface area contributed by atoms with Crippen molar-refractivity contribution in [1.82, 2.24) is 10.2 Å². The molecule has 1 aliphatic rings. The topological polar surface area (TPSA) is 99.1 Å². The van der Waals surface area contributed by atoms with Crippen molar-refractivity contribution in [2.45, 2.75) is 6.04 Å². The first-order valence-corrected chi connectivity index (χ1v) is 6.16. The third kappa shape index (κ3) is 2.67. The largest absolute Gasteiger partial charge is 0.507 e. The van der Waals surface area contributed by atoms with Gasteiger partial charge < -0.3 is 25.2 Å². The Labute approximate surface area is 115 Å². The number of carbonyl (C=O) groups is 2. The summed E-state index contributed by atoms with van der Waals surface area (Å²) < 4.78 is 5.01. The van der Waals surface area contributed by atoms with Gasteiger partial charge in [0.1, 0.15) is 17.5 Å². The molecule has 108 valence electrons.